The highest BCUT2D eigenvalue weighted by atomic mass is 16.8. The highest BCUT2D eigenvalue weighted by molar-refractivity contribution is 5.76. The van der Waals surface area contributed by atoms with Gasteiger partial charge in [-0.2, -0.15) is 0 Å². The maximum Gasteiger partial charge on any atom is 0.220 e. The van der Waals surface area contributed by atoms with Crippen molar-refractivity contribution in [1.82, 2.24) is 5.32 Å². The maximum atomic E-state index is 13.4. The number of aliphatic hydroxyl groups excluding tert-OH is 11. The van der Waals surface area contributed by atoms with Gasteiger partial charge in [-0.1, -0.05) is 281 Å². The molecule has 17 atom stereocenters. The number of rotatable bonds is 62. The lowest BCUT2D eigenvalue weighted by atomic mass is 9.96. The molecule has 0 aliphatic carbocycles. The molecule has 0 bridgehead atoms. The third kappa shape index (κ3) is 39.8. The molecule has 19 nitrogen and oxygen atoms in total. The second-order valence-electron chi connectivity index (χ2n) is 28.2. The lowest BCUT2D eigenvalue weighted by Gasteiger charge is -2.48. The van der Waals surface area contributed by atoms with E-state index in [1.54, 1.807) is 6.08 Å². The molecule has 0 aromatic carbocycles. The molecule has 19 heteroatoms. The van der Waals surface area contributed by atoms with Crippen molar-refractivity contribution in [3.63, 3.8) is 0 Å². The first-order valence-corrected chi connectivity index (χ1v) is 39.4. The summed E-state index contributed by atoms with van der Waals surface area (Å²) in [5, 5.41) is 121. The van der Waals surface area contributed by atoms with E-state index in [0.717, 1.165) is 57.8 Å². The Morgan fingerprint density at radius 1 is 0.361 bits per heavy atom. The summed E-state index contributed by atoms with van der Waals surface area (Å²) in [5.74, 6) is -0.290. The Bertz CT molecular complexity index is 1940. The minimum Gasteiger partial charge on any atom is -0.394 e. The van der Waals surface area contributed by atoms with Crippen molar-refractivity contribution in [3.8, 4) is 0 Å². The van der Waals surface area contributed by atoms with Gasteiger partial charge in [0, 0.05) is 6.42 Å². The number of ether oxygens (including phenoxy) is 6. The summed E-state index contributed by atoms with van der Waals surface area (Å²) in [7, 11) is 0. The zero-order valence-electron chi connectivity index (χ0n) is 60.6. The fourth-order valence-electron chi connectivity index (χ4n) is 13.2. The predicted molar refractivity (Wildman–Crippen MR) is 383 cm³/mol. The van der Waals surface area contributed by atoms with Crippen LogP contribution >= 0.6 is 0 Å². The van der Waals surface area contributed by atoms with Gasteiger partial charge in [-0.3, -0.25) is 4.79 Å². The number of nitrogens with one attached hydrogen (secondary N) is 1. The van der Waals surface area contributed by atoms with E-state index < -0.39 is 124 Å². The third-order valence-electron chi connectivity index (χ3n) is 19.6. The molecule has 0 saturated carbocycles. The average molecular weight is 1380 g/mol. The molecule has 3 heterocycles. The van der Waals surface area contributed by atoms with E-state index in [0.29, 0.717) is 12.8 Å². The number of aliphatic hydroxyl groups is 11. The van der Waals surface area contributed by atoms with Gasteiger partial charge in [0.25, 0.3) is 0 Å². The minimum absolute atomic E-state index is 0.230. The number of allylic oxidation sites excluding steroid dienone is 7. The quantitative estimate of drug-likeness (QED) is 0.0199. The molecule has 17 unspecified atom stereocenters. The largest absolute Gasteiger partial charge is 0.394 e. The van der Waals surface area contributed by atoms with Crippen molar-refractivity contribution < 1.29 is 89.4 Å². The fraction of sp³-hybridized carbons (Fsp3) is 0.885. The standard InChI is InChI=1S/C78H143NO18/c1-3-5-7-9-11-13-15-17-19-21-23-24-25-26-27-28-29-30-31-32-33-34-35-36-38-39-41-43-45-47-49-51-53-55-62(83)61(79-66(84)56-54-52-50-48-46-44-42-40-37-22-20-18-16-14-12-10-8-6-4-2)60-92-76-72(90)69(87)74(64(58-81)94-76)97-78-73(91)70(88)75(65(59-82)95-78)96-77-71(89)68(86)67(85)63(57-80)93-77/h18,20,38-39,45,47,53,55,61-65,67-78,80-83,85-91H,3-17,19,21-37,40-44,46,48-52,54,56-60H2,1-2H3,(H,79,84)/b20-18-,39-38+,47-45+,55-53+. The highest BCUT2D eigenvalue weighted by Gasteiger charge is 2.53. The van der Waals surface area contributed by atoms with Crippen molar-refractivity contribution >= 4 is 5.91 Å². The van der Waals surface area contributed by atoms with Crippen LogP contribution in [0.5, 0.6) is 0 Å². The normalized spacial score (nSPS) is 27.1. The Kier molecular flexibility index (Phi) is 54.3. The number of hydrogen-bond acceptors (Lipinski definition) is 18. The van der Waals surface area contributed by atoms with Crippen LogP contribution in [0.2, 0.25) is 0 Å². The van der Waals surface area contributed by atoms with Crippen molar-refractivity contribution in [2.24, 2.45) is 0 Å². The van der Waals surface area contributed by atoms with Crippen LogP contribution in [0.15, 0.2) is 48.6 Å². The van der Waals surface area contributed by atoms with Gasteiger partial charge in [-0.25, -0.2) is 0 Å². The second-order valence-corrected chi connectivity index (χ2v) is 28.2. The lowest BCUT2D eigenvalue weighted by molar-refractivity contribution is -0.379. The van der Waals surface area contributed by atoms with Gasteiger partial charge >= 0.3 is 0 Å². The van der Waals surface area contributed by atoms with Crippen molar-refractivity contribution in [2.45, 2.75) is 413 Å². The molecular formula is C78H143NO18. The van der Waals surface area contributed by atoms with Crippen LogP contribution in [0.4, 0.5) is 0 Å². The molecule has 568 valence electrons. The van der Waals surface area contributed by atoms with Gasteiger partial charge in [0.2, 0.25) is 5.91 Å². The van der Waals surface area contributed by atoms with Gasteiger partial charge in [0.1, 0.15) is 73.2 Å². The lowest BCUT2D eigenvalue weighted by Crippen LogP contribution is -2.66. The van der Waals surface area contributed by atoms with E-state index in [4.69, 9.17) is 28.4 Å². The SMILES string of the molecule is CCCCCCCC/C=C\CCCCCCCCCCCC(=O)NC(COC1OC(CO)C(OC2OC(CO)C(OC3OC(CO)C(O)C(O)C3O)C(O)C2O)C(O)C1O)C(O)/C=C/CC/C=C/CC/C=C/CCCCCCCCCCCCCCCCCCCCCCCCC. The van der Waals surface area contributed by atoms with E-state index in [9.17, 15) is 61.0 Å². The Morgan fingerprint density at radius 3 is 1.03 bits per heavy atom. The predicted octanol–water partition coefficient (Wildman–Crippen LogP) is 12.5. The number of unbranched alkanes of at least 4 members (excludes halogenated alkanes) is 40. The molecule has 3 aliphatic rings. The summed E-state index contributed by atoms with van der Waals surface area (Å²) in [6.45, 7) is 1.74. The first-order chi connectivity index (χ1) is 47.3. The summed E-state index contributed by atoms with van der Waals surface area (Å²) < 4.78 is 34.4. The molecule has 3 rings (SSSR count). The molecule has 0 radical (unpaired) electrons. The van der Waals surface area contributed by atoms with Crippen LogP contribution in [-0.2, 0) is 33.2 Å². The molecule has 0 aromatic heterocycles. The van der Waals surface area contributed by atoms with Gasteiger partial charge < -0.3 is 89.9 Å². The summed E-state index contributed by atoms with van der Waals surface area (Å²) in [6.07, 6.45) is 46.8. The molecule has 97 heavy (non-hydrogen) atoms. The van der Waals surface area contributed by atoms with Crippen LogP contribution in [0.1, 0.15) is 309 Å². The van der Waals surface area contributed by atoms with Crippen molar-refractivity contribution in [1.29, 1.82) is 0 Å². The van der Waals surface area contributed by atoms with E-state index in [2.05, 4.69) is 55.6 Å². The van der Waals surface area contributed by atoms with Gasteiger partial charge in [0.15, 0.2) is 18.9 Å². The summed E-state index contributed by atoms with van der Waals surface area (Å²) in [6, 6.07) is -1.000. The summed E-state index contributed by atoms with van der Waals surface area (Å²) >= 11 is 0. The number of carbonyl (C=O) groups is 1. The number of hydrogen-bond donors (Lipinski definition) is 12. The van der Waals surface area contributed by atoms with E-state index in [-0.39, 0.29) is 18.9 Å². The maximum absolute atomic E-state index is 13.4. The minimum atomic E-state index is -1.98. The molecule has 0 aromatic rings. The van der Waals surface area contributed by atoms with E-state index >= 15 is 0 Å². The smallest absolute Gasteiger partial charge is 0.220 e. The van der Waals surface area contributed by atoms with Crippen LogP contribution in [0.3, 0.4) is 0 Å². The molecule has 1 amide bonds. The van der Waals surface area contributed by atoms with E-state index in [1.807, 2.05) is 6.08 Å². The molecular weight excluding hydrogens is 1240 g/mol. The Labute approximate surface area is 586 Å². The first-order valence-electron chi connectivity index (χ1n) is 39.4. The fourth-order valence-corrected chi connectivity index (χ4v) is 13.2. The average Bonchev–Trinajstić information content (AvgIpc) is 0.795. The van der Waals surface area contributed by atoms with E-state index in [1.165, 1.54) is 218 Å². The number of amides is 1. The van der Waals surface area contributed by atoms with Gasteiger partial charge in [0.05, 0.1) is 38.6 Å². The zero-order valence-corrected chi connectivity index (χ0v) is 60.6. The first kappa shape index (κ1) is 89.0. The van der Waals surface area contributed by atoms with Crippen molar-refractivity contribution in [2.75, 3.05) is 26.4 Å². The molecule has 3 aliphatic heterocycles. The monoisotopic (exact) mass is 1380 g/mol. The second kappa shape index (κ2) is 59.2. The number of carbonyl (C=O) groups excluding carboxylic acids is 1. The third-order valence-corrected chi connectivity index (χ3v) is 19.6. The summed E-state index contributed by atoms with van der Waals surface area (Å²) in [4.78, 5) is 13.4. The highest BCUT2D eigenvalue weighted by Crippen LogP contribution is 2.33. The zero-order chi connectivity index (χ0) is 70.4. The van der Waals surface area contributed by atoms with Crippen LogP contribution in [0, 0.1) is 0 Å². The molecule has 3 fully saturated rings. The van der Waals surface area contributed by atoms with Crippen LogP contribution in [-0.4, -0.2) is 193 Å². The topological polar surface area (TPSA) is 307 Å². The molecule has 3 saturated heterocycles. The summed E-state index contributed by atoms with van der Waals surface area (Å²) in [5.41, 5.74) is 0. The van der Waals surface area contributed by atoms with Crippen LogP contribution < -0.4 is 5.32 Å². The Balaban J connectivity index is 1.39. The van der Waals surface area contributed by atoms with Gasteiger partial charge in [-0.15, -0.1) is 0 Å². The Hall–Kier alpha value is -2.25. The molecule has 12 N–H and O–H groups in total. The van der Waals surface area contributed by atoms with Gasteiger partial charge in [-0.05, 0) is 70.6 Å². The Morgan fingerprint density at radius 2 is 0.660 bits per heavy atom. The molecule has 0 spiro atoms. The van der Waals surface area contributed by atoms with Crippen molar-refractivity contribution in [3.05, 3.63) is 48.6 Å². The van der Waals surface area contributed by atoms with Crippen LogP contribution in [0.25, 0.3) is 0 Å².